The molecular formula is C20H22FN9O2. The number of amides is 2. The van der Waals surface area contributed by atoms with Crippen molar-refractivity contribution in [3.8, 4) is 0 Å². The Morgan fingerprint density at radius 2 is 1.97 bits per heavy atom. The minimum Gasteiger partial charge on any atom is -0.338 e. The lowest BCUT2D eigenvalue weighted by atomic mass is 10.2. The van der Waals surface area contributed by atoms with Gasteiger partial charge in [-0.3, -0.25) is 14.3 Å². The maximum Gasteiger partial charge on any atom is 0.278 e. The van der Waals surface area contributed by atoms with Crippen LogP contribution in [0.2, 0.25) is 0 Å². The third-order valence-electron chi connectivity index (χ3n) is 4.98. The Balaban J connectivity index is 1.63. The number of nitrogens with one attached hydrogen (secondary N) is 2. The van der Waals surface area contributed by atoms with Crippen LogP contribution in [0.4, 0.5) is 21.6 Å². The first kappa shape index (κ1) is 21.3. The quantitative estimate of drug-likeness (QED) is 0.544. The molecule has 32 heavy (non-hydrogen) atoms. The highest BCUT2D eigenvalue weighted by Gasteiger charge is 2.29. The largest absolute Gasteiger partial charge is 0.338 e. The monoisotopic (exact) mass is 439 g/mol. The number of alkyl halides is 1. The van der Waals surface area contributed by atoms with Gasteiger partial charge in [-0.2, -0.15) is 5.10 Å². The van der Waals surface area contributed by atoms with Crippen LogP contribution in [0.5, 0.6) is 0 Å². The van der Waals surface area contributed by atoms with Gasteiger partial charge in [0, 0.05) is 26.6 Å². The molecule has 0 aromatic carbocycles. The molecule has 2 amide bonds. The number of carbonyl (C=O) groups excluding carboxylic acids is 2. The number of hydrogen-bond acceptors (Lipinski definition) is 8. The Morgan fingerprint density at radius 1 is 1.22 bits per heavy atom. The van der Waals surface area contributed by atoms with E-state index in [1.54, 1.807) is 25.6 Å². The molecule has 12 heteroatoms. The van der Waals surface area contributed by atoms with Crippen molar-refractivity contribution in [2.45, 2.75) is 18.8 Å². The zero-order chi connectivity index (χ0) is 22.7. The van der Waals surface area contributed by atoms with Crippen LogP contribution in [0.1, 0.15) is 45.4 Å². The fourth-order valence-electron chi connectivity index (χ4n) is 3.10. The number of carbonyl (C=O) groups is 2. The molecule has 4 rings (SSSR count). The molecule has 1 aliphatic rings. The summed E-state index contributed by atoms with van der Waals surface area (Å²) in [6, 6.07) is 0. The fraction of sp³-hybridized carbons (Fsp3) is 0.350. The van der Waals surface area contributed by atoms with Gasteiger partial charge in [-0.15, -0.1) is 0 Å². The molecule has 11 nitrogen and oxygen atoms in total. The van der Waals surface area contributed by atoms with E-state index in [1.165, 1.54) is 29.2 Å². The number of aryl methyl sites for hydroxylation is 1. The summed E-state index contributed by atoms with van der Waals surface area (Å²) in [5.74, 6) is -0.508. The molecule has 3 aromatic rings. The van der Waals surface area contributed by atoms with E-state index in [0.717, 1.165) is 18.5 Å². The van der Waals surface area contributed by atoms with E-state index in [-0.39, 0.29) is 35.4 Å². The van der Waals surface area contributed by atoms with Crippen molar-refractivity contribution in [3.63, 3.8) is 0 Å². The van der Waals surface area contributed by atoms with Gasteiger partial charge in [0.2, 0.25) is 0 Å². The average molecular weight is 439 g/mol. The van der Waals surface area contributed by atoms with Gasteiger partial charge in [0.05, 0.1) is 41.9 Å². The number of halogens is 1. The molecule has 0 atom stereocenters. The van der Waals surface area contributed by atoms with Crippen molar-refractivity contribution in [1.82, 2.24) is 34.6 Å². The van der Waals surface area contributed by atoms with Gasteiger partial charge in [-0.1, -0.05) is 0 Å². The first-order chi connectivity index (χ1) is 15.5. The van der Waals surface area contributed by atoms with Gasteiger partial charge >= 0.3 is 0 Å². The van der Waals surface area contributed by atoms with E-state index in [2.05, 4.69) is 35.7 Å². The van der Waals surface area contributed by atoms with Crippen LogP contribution in [0.15, 0.2) is 31.1 Å². The summed E-state index contributed by atoms with van der Waals surface area (Å²) in [6.45, 7) is -0.747. The number of nitrogens with zero attached hydrogens (tertiary/aromatic N) is 7. The van der Waals surface area contributed by atoms with Gasteiger partial charge in [-0.25, -0.2) is 24.3 Å². The Bertz CT molecular complexity index is 1130. The lowest BCUT2D eigenvalue weighted by molar-refractivity contribution is 0.0776. The summed E-state index contributed by atoms with van der Waals surface area (Å²) in [7, 11) is 3.05. The van der Waals surface area contributed by atoms with Crippen molar-refractivity contribution in [2.75, 3.05) is 30.9 Å². The number of rotatable bonds is 8. The molecule has 3 aromatic heterocycles. The topological polar surface area (TPSA) is 131 Å². The van der Waals surface area contributed by atoms with E-state index in [1.807, 2.05) is 0 Å². The summed E-state index contributed by atoms with van der Waals surface area (Å²) >= 11 is 0. The smallest absolute Gasteiger partial charge is 0.278 e. The zero-order valence-electron chi connectivity index (χ0n) is 17.6. The van der Waals surface area contributed by atoms with Crippen LogP contribution < -0.4 is 10.6 Å². The Labute approximate surface area is 183 Å². The van der Waals surface area contributed by atoms with E-state index >= 15 is 0 Å². The van der Waals surface area contributed by atoms with E-state index in [0.29, 0.717) is 5.69 Å². The van der Waals surface area contributed by atoms with Crippen LogP contribution in [-0.4, -0.2) is 66.7 Å². The summed E-state index contributed by atoms with van der Waals surface area (Å²) in [4.78, 5) is 43.9. The maximum absolute atomic E-state index is 13.2. The normalized spacial score (nSPS) is 13.0. The summed E-state index contributed by atoms with van der Waals surface area (Å²) < 4.78 is 14.0. The third kappa shape index (κ3) is 4.53. The maximum atomic E-state index is 13.2. The number of anilines is 3. The minimum atomic E-state index is -0.677. The fourth-order valence-corrected chi connectivity index (χ4v) is 3.10. The Hall–Kier alpha value is -3.96. The SMILES string of the molecule is CN(CCF)C(=O)c1c(NC(=O)c2nc(C3CC3)cnc2Nc2cncnc2)cnn1C. The van der Waals surface area contributed by atoms with E-state index in [9.17, 15) is 14.0 Å². The van der Waals surface area contributed by atoms with Gasteiger partial charge < -0.3 is 15.5 Å². The average Bonchev–Trinajstić information content (AvgIpc) is 3.58. The minimum absolute atomic E-state index is 0.0672. The molecule has 0 bridgehead atoms. The number of aromatic nitrogens is 6. The Morgan fingerprint density at radius 3 is 2.66 bits per heavy atom. The Kier molecular flexibility index (Phi) is 6.01. The zero-order valence-corrected chi connectivity index (χ0v) is 17.6. The highest BCUT2D eigenvalue weighted by molar-refractivity contribution is 6.09. The van der Waals surface area contributed by atoms with Crippen molar-refractivity contribution >= 4 is 29.0 Å². The van der Waals surface area contributed by atoms with Gasteiger partial charge in [0.25, 0.3) is 11.8 Å². The summed E-state index contributed by atoms with van der Waals surface area (Å²) in [5.41, 5.74) is 1.67. The van der Waals surface area contributed by atoms with E-state index in [4.69, 9.17) is 0 Å². The van der Waals surface area contributed by atoms with Gasteiger partial charge in [0.1, 0.15) is 18.7 Å². The van der Waals surface area contributed by atoms with Crippen molar-refractivity contribution in [3.05, 3.63) is 48.2 Å². The van der Waals surface area contributed by atoms with Crippen LogP contribution in [0.25, 0.3) is 0 Å². The van der Waals surface area contributed by atoms with Crippen molar-refractivity contribution in [1.29, 1.82) is 0 Å². The van der Waals surface area contributed by atoms with Crippen LogP contribution in [-0.2, 0) is 7.05 Å². The van der Waals surface area contributed by atoms with Crippen molar-refractivity contribution < 1.29 is 14.0 Å². The molecule has 2 N–H and O–H groups in total. The molecule has 3 heterocycles. The molecule has 0 radical (unpaired) electrons. The molecule has 166 valence electrons. The van der Waals surface area contributed by atoms with Crippen molar-refractivity contribution in [2.24, 2.45) is 7.05 Å². The molecule has 1 fully saturated rings. The van der Waals surface area contributed by atoms with E-state index < -0.39 is 18.5 Å². The second kappa shape index (κ2) is 9.04. The predicted molar refractivity (Wildman–Crippen MR) is 113 cm³/mol. The predicted octanol–water partition coefficient (Wildman–Crippen LogP) is 1.91. The third-order valence-corrected chi connectivity index (χ3v) is 4.98. The molecule has 1 aliphatic carbocycles. The molecule has 1 saturated carbocycles. The highest BCUT2D eigenvalue weighted by Crippen LogP contribution is 2.39. The van der Waals surface area contributed by atoms with Crippen LogP contribution in [0.3, 0.4) is 0 Å². The highest BCUT2D eigenvalue weighted by atomic mass is 19.1. The molecule has 0 unspecified atom stereocenters. The lowest BCUT2D eigenvalue weighted by Gasteiger charge is -2.16. The summed E-state index contributed by atoms with van der Waals surface area (Å²) in [5, 5.41) is 9.77. The molecule has 0 spiro atoms. The summed E-state index contributed by atoms with van der Waals surface area (Å²) in [6.07, 6.45) is 9.49. The lowest BCUT2D eigenvalue weighted by Crippen LogP contribution is -2.31. The molecule has 0 saturated heterocycles. The van der Waals surface area contributed by atoms with Gasteiger partial charge in [-0.05, 0) is 12.8 Å². The van der Waals surface area contributed by atoms with Crippen LogP contribution >= 0.6 is 0 Å². The number of hydrogen-bond donors (Lipinski definition) is 2. The second-order valence-electron chi connectivity index (χ2n) is 7.42. The van der Waals surface area contributed by atoms with Crippen LogP contribution in [0, 0.1) is 0 Å². The second-order valence-corrected chi connectivity index (χ2v) is 7.42. The molecular weight excluding hydrogens is 417 g/mol. The van der Waals surface area contributed by atoms with Gasteiger partial charge in [0.15, 0.2) is 11.5 Å². The molecule has 0 aliphatic heterocycles. The standard InChI is InChI=1S/C20H22FN9O2/c1-29(6-5-21)20(32)17-15(10-25-30(17)2)28-19(31)16-18(26-13-7-22-11-23-8-13)24-9-14(27-16)12-3-4-12/h7-12H,3-6H2,1-2H3,(H,24,26)(H,28,31). The first-order valence-electron chi connectivity index (χ1n) is 10.0. The first-order valence-corrected chi connectivity index (χ1v) is 10.0.